The van der Waals surface area contributed by atoms with Crippen LogP contribution in [0.1, 0.15) is 249 Å². The lowest BCUT2D eigenvalue weighted by atomic mass is 9.81. The summed E-state index contributed by atoms with van der Waals surface area (Å²) in [6.45, 7) is 76.5. The van der Waals surface area contributed by atoms with Gasteiger partial charge in [-0.1, -0.05) is 239 Å². The van der Waals surface area contributed by atoms with Crippen LogP contribution >= 0.6 is 0 Å². The zero-order valence-corrected chi connectivity index (χ0v) is 86.9. The van der Waals surface area contributed by atoms with Gasteiger partial charge >= 0.3 is 0 Å². The number of halogens is 4. The lowest BCUT2D eigenvalue weighted by Crippen LogP contribution is -2.40. The molecule has 0 aliphatic rings. The van der Waals surface area contributed by atoms with E-state index in [4.69, 9.17) is 46.1 Å². The first-order valence-electron chi connectivity index (χ1n) is 43.8. The molecular weight excluding hydrogens is 1630 g/mol. The highest BCUT2D eigenvalue weighted by molar-refractivity contribution is 6.75. The van der Waals surface area contributed by atoms with Gasteiger partial charge in [0.25, 0.3) is 0 Å². The Morgan fingerprint density at radius 1 is 0.266 bits per heavy atom. The van der Waals surface area contributed by atoms with Crippen molar-refractivity contribution >= 4 is 33.3 Å². The summed E-state index contributed by atoms with van der Waals surface area (Å²) in [5, 5.41) is 22.7. The molecular formula is C104H156F4O12Si4. The van der Waals surface area contributed by atoms with Crippen LogP contribution in [0, 0.1) is 44.9 Å². The standard InChI is InChI=1S/2C27H41FO3Si.2C25H37FO3Si/c2*1-11-30-25(26(2,3)4)23-16-19(18-31-32(9,10)27(5,6)7)12-14-21(23)22-17-20(29-8)13-15-24(22)28;2*1-24(2,3)23(27)21-14-17(16-29-30(8,9)25(4,5)6)10-12-19(21)20-15-18(28-7)11-13-22(20)26/h2*12-17,25H,11,18H2,1-10H3;2*10-15,23,27H,16H2,1-9H3/t2*25-;2*23-/m1010/s1. The fourth-order valence-electron chi connectivity index (χ4n) is 12.8. The number of hydrogen-bond donors (Lipinski definition) is 2. The molecule has 12 nitrogen and oxygen atoms in total. The molecule has 8 aromatic rings. The number of benzene rings is 8. The van der Waals surface area contributed by atoms with E-state index in [1.165, 1.54) is 24.3 Å². The van der Waals surface area contributed by atoms with Crippen molar-refractivity contribution in [3.63, 3.8) is 0 Å². The van der Waals surface area contributed by atoms with Crippen molar-refractivity contribution in [3.05, 3.63) is 213 Å². The molecule has 8 aromatic carbocycles. The van der Waals surface area contributed by atoms with Gasteiger partial charge in [-0.15, -0.1) is 0 Å². The van der Waals surface area contributed by atoms with Gasteiger partial charge in [-0.05, 0) is 248 Å². The lowest BCUT2D eigenvalue weighted by Gasteiger charge is -2.36. The quantitative estimate of drug-likeness (QED) is 0.0357. The number of aliphatic hydroxyl groups is 2. The SMILES string of the molecule is CCO[C@@H](c1cc(CO[Si](C)(C)C(C)(C)C)ccc1-c1cc(OC)ccc1F)C(C)(C)C.CCO[C@H](c1cc(CO[Si](C)(C)C(C)(C)C)ccc1-c1cc(OC)ccc1F)C(C)(C)C.COc1ccc(F)c(-c2ccc(CO[Si](C)(C)C(C)(C)C)cc2[C@@H](O)C(C)(C)C)c1.COc1ccc(F)c(-c2ccc(CO[Si](C)(C)C(C)(C)C)cc2[C@H](O)C(C)(C)C)c1. The van der Waals surface area contributed by atoms with Crippen LogP contribution in [-0.2, 0) is 53.6 Å². The number of hydrogen-bond acceptors (Lipinski definition) is 12. The van der Waals surface area contributed by atoms with E-state index >= 15 is 0 Å². The second-order valence-electron chi connectivity index (χ2n) is 43.2. The number of rotatable bonds is 28. The average molecular weight is 1790 g/mol. The molecule has 0 unspecified atom stereocenters. The highest BCUT2D eigenvalue weighted by Crippen LogP contribution is 2.49. The fraction of sp³-hybridized carbons (Fsp3) is 0.538. The van der Waals surface area contributed by atoms with Gasteiger partial charge in [0, 0.05) is 35.5 Å². The van der Waals surface area contributed by atoms with E-state index < -0.39 is 56.3 Å². The molecule has 0 aliphatic heterocycles. The maximum Gasteiger partial charge on any atom is 0.192 e. The smallest absolute Gasteiger partial charge is 0.192 e. The van der Waals surface area contributed by atoms with Gasteiger partial charge in [0.1, 0.15) is 46.3 Å². The number of ether oxygens (including phenoxy) is 6. The third kappa shape index (κ3) is 29.1. The Kier molecular flexibility index (Phi) is 37.5. The summed E-state index contributed by atoms with van der Waals surface area (Å²) < 4.78 is 119. The molecule has 8 rings (SSSR count). The molecule has 0 radical (unpaired) electrons. The van der Waals surface area contributed by atoms with Crippen molar-refractivity contribution in [1.29, 1.82) is 0 Å². The molecule has 0 fully saturated rings. The molecule has 2 N–H and O–H groups in total. The second kappa shape index (κ2) is 43.1. The maximum absolute atomic E-state index is 14.9. The minimum absolute atomic E-state index is 0.115. The highest BCUT2D eigenvalue weighted by atomic mass is 28.4. The number of methoxy groups -OCH3 is 4. The van der Waals surface area contributed by atoms with E-state index in [-0.39, 0.29) is 66.5 Å². The molecule has 20 heteroatoms. The van der Waals surface area contributed by atoms with E-state index in [1.54, 1.807) is 77.0 Å². The van der Waals surface area contributed by atoms with Crippen LogP contribution in [0.2, 0.25) is 72.5 Å². The molecule has 4 atom stereocenters. The Hall–Kier alpha value is -6.77. The summed E-state index contributed by atoms with van der Waals surface area (Å²) in [7, 11) is -1.29. The minimum Gasteiger partial charge on any atom is -0.497 e. The normalized spacial score (nSPS) is 13.9. The van der Waals surface area contributed by atoms with Crippen molar-refractivity contribution in [1.82, 2.24) is 0 Å². The van der Waals surface area contributed by atoms with E-state index in [9.17, 15) is 27.8 Å². The first-order chi connectivity index (χ1) is 56.8. The molecule has 0 amide bonds. The molecule has 0 saturated carbocycles. The van der Waals surface area contributed by atoms with Gasteiger partial charge in [-0.25, -0.2) is 17.6 Å². The van der Waals surface area contributed by atoms with Gasteiger partial charge in [0.05, 0.1) is 79.3 Å². The van der Waals surface area contributed by atoms with E-state index in [0.29, 0.717) is 107 Å². The largest absolute Gasteiger partial charge is 0.497 e. The Morgan fingerprint density at radius 2 is 0.460 bits per heavy atom. The molecule has 0 aliphatic carbocycles. The molecule has 688 valence electrons. The van der Waals surface area contributed by atoms with Gasteiger partial charge in [0.2, 0.25) is 0 Å². The van der Waals surface area contributed by atoms with E-state index in [0.717, 1.165) is 44.5 Å². The predicted molar refractivity (Wildman–Crippen MR) is 518 cm³/mol. The van der Waals surface area contributed by atoms with Crippen LogP contribution in [0.4, 0.5) is 17.6 Å². The van der Waals surface area contributed by atoms with Crippen LogP contribution in [0.25, 0.3) is 44.5 Å². The summed E-state index contributed by atoms with van der Waals surface area (Å²) in [5.41, 5.74) is 11.2. The first-order valence-corrected chi connectivity index (χ1v) is 55.4. The predicted octanol–water partition coefficient (Wildman–Crippen LogP) is 30.5. The van der Waals surface area contributed by atoms with Gasteiger partial charge in [0.15, 0.2) is 33.3 Å². The van der Waals surface area contributed by atoms with E-state index in [2.05, 4.69) is 189 Å². The lowest BCUT2D eigenvalue weighted by molar-refractivity contribution is -0.0129. The van der Waals surface area contributed by atoms with Crippen molar-refractivity contribution in [2.45, 2.75) is 303 Å². The summed E-state index contributed by atoms with van der Waals surface area (Å²) in [6, 6.07) is 43.0. The third-order valence-electron chi connectivity index (χ3n) is 25.0. The van der Waals surface area contributed by atoms with Gasteiger partial charge < -0.3 is 56.3 Å². The topological polar surface area (TPSA) is 133 Å². The van der Waals surface area contributed by atoms with Crippen LogP contribution in [0.3, 0.4) is 0 Å². The van der Waals surface area contributed by atoms with Crippen LogP contribution < -0.4 is 18.9 Å². The Bertz CT molecular complexity index is 4470. The molecule has 124 heavy (non-hydrogen) atoms. The number of aliphatic hydroxyl groups excluding tert-OH is 2. The van der Waals surface area contributed by atoms with Crippen molar-refractivity contribution in [2.75, 3.05) is 41.7 Å². The van der Waals surface area contributed by atoms with Crippen LogP contribution in [0.5, 0.6) is 23.0 Å². The highest BCUT2D eigenvalue weighted by Gasteiger charge is 2.42. The average Bonchev–Trinajstić information content (AvgIpc) is 0.788. The Balaban J connectivity index is 0.000000294. The zero-order chi connectivity index (χ0) is 94.5. The summed E-state index contributed by atoms with van der Waals surface area (Å²) in [6.07, 6.45) is -1.90. The van der Waals surface area contributed by atoms with Crippen molar-refractivity contribution < 1.29 is 73.9 Å². The summed E-state index contributed by atoms with van der Waals surface area (Å²) in [4.78, 5) is 0. The van der Waals surface area contributed by atoms with Crippen LogP contribution in [0.15, 0.2) is 146 Å². The molecule has 0 bridgehead atoms. The monoisotopic (exact) mass is 1790 g/mol. The molecule has 0 spiro atoms. The third-order valence-corrected chi connectivity index (χ3v) is 42.9. The van der Waals surface area contributed by atoms with Crippen molar-refractivity contribution in [2.24, 2.45) is 21.7 Å². The van der Waals surface area contributed by atoms with Crippen LogP contribution in [-0.4, -0.2) is 85.1 Å². The van der Waals surface area contributed by atoms with Crippen molar-refractivity contribution in [3.8, 4) is 67.5 Å². The zero-order valence-electron chi connectivity index (χ0n) is 82.9. The second-order valence-corrected chi connectivity index (χ2v) is 62.4. The molecule has 0 saturated heterocycles. The molecule has 0 aromatic heterocycles. The minimum atomic E-state index is -1.91. The maximum atomic E-state index is 14.9. The summed E-state index contributed by atoms with van der Waals surface area (Å²) >= 11 is 0. The Morgan fingerprint density at radius 3 is 0.629 bits per heavy atom. The Labute approximate surface area is 750 Å². The summed E-state index contributed by atoms with van der Waals surface area (Å²) in [5.74, 6) is 1.17. The van der Waals surface area contributed by atoms with E-state index in [1.807, 2.05) is 116 Å². The fourth-order valence-corrected chi connectivity index (χ4v) is 16.7. The van der Waals surface area contributed by atoms with Gasteiger partial charge in [-0.3, -0.25) is 0 Å². The van der Waals surface area contributed by atoms with Gasteiger partial charge in [-0.2, -0.15) is 0 Å². The first kappa shape index (κ1) is 108. The molecule has 0 heterocycles.